The van der Waals surface area contributed by atoms with Crippen LogP contribution in [-0.4, -0.2) is 34.5 Å². The number of aromatic nitrogens is 2. The van der Waals surface area contributed by atoms with Crippen molar-refractivity contribution in [1.29, 1.82) is 0 Å². The topological polar surface area (TPSA) is 63.2 Å². The van der Waals surface area contributed by atoms with Crippen LogP contribution in [0.25, 0.3) is 0 Å². The van der Waals surface area contributed by atoms with E-state index < -0.39 is 5.41 Å². The maximum atomic E-state index is 13.1. The summed E-state index contributed by atoms with van der Waals surface area (Å²) >= 11 is 1.47. The van der Waals surface area contributed by atoms with Gasteiger partial charge in [0.05, 0.1) is 0 Å². The van der Waals surface area contributed by atoms with E-state index in [-0.39, 0.29) is 11.9 Å². The van der Waals surface area contributed by atoms with Crippen molar-refractivity contribution in [3.05, 3.63) is 11.8 Å². The van der Waals surface area contributed by atoms with Crippen LogP contribution in [0.3, 0.4) is 0 Å². The number of carbonyl (C=O) groups is 2. The molecule has 22 heavy (non-hydrogen) atoms. The van der Waals surface area contributed by atoms with E-state index in [1.807, 2.05) is 18.1 Å². The number of aldehydes is 1. The van der Waals surface area contributed by atoms with E-state index in [1.165, 1.54) is 11.8 Å². The fraction of sp³-hybridized carbons (Fsp3) is 0.625. The lowest BCUT2D eigenvalue weighted by molar-refractivity contribution is -0.135. The number of rotatable bonds is 4. The van der Waals surface area contributed by atoms with Gasteiger partial charge in [0.2, 0.25) is 5.91 Å². The molecule has 0 saturated heterocycles. The zero-order valence-electron chi connectivity index (χ0n) is 13.0. The molecule has 2 aliphatic rings. The second-order valence-electron chi connectivity index (χ2n) is 6.12. The number of fused-ring (bicyclic) bond motifs is 1. The number of hydrogen-bond acceptors (Lipinski definition) is 5. The van der Waals surface area contributed by atoms with Gasteiger partial charge in [0, 0.05) is 17.8 Å². The maximum Gasteiger partial charge on any atom is 0.242 e. The van der Waals surface area contributed by atoms with Crippen molar-refractivity contribution in [3.8, 4) is 0 Å². The molecular weight excluding hydrogens is 298 g/mol. The summed E-state index contributed by atoms with van der Waals surface area (Å²) in [5, 5.41) is 0.671. The van der Waals surface area contributed by atoms with Crippen molar-refractivity contribution in [1.82, 2.24) is 9.97 Å². The van der Waals surface area contributed by atoms with Crippen LogP contribution in [0.15, 0.2) is 11.4 Å². The molecule has 1 aliphatic carbocycles. The van der Waals surface area contributed by atoms with Crippen LogP contribution in [0.5, 0.6) is 0 Å². The number of nitrogens with zero attached hydrogens (tertiary/aromatic N) is 3. The number of amides is 1. The minimum Gasteiger partial charge on any atom is -0.302 e. The maximum absolute atomic E-state index is 13.1. The lowest BCUT2D eigenvalue weighted by atomic mass is 9.76. The number of anilines is 1. The molecule has 1 aromatic heterocycles. The first-order valence-corrected chi connectivity index (χ1v) is 9.07. The summed E-state index contributed by atoms with van der Waals surface area (Å²) in [4.78, 5) is 35.5. The summed E-state index contributed by atoms with van der Waals surface area (Å²) in [6, 6.07) is 0.169. The van der Waals surface area contributed by atoms with Crippen LogP contribution in [0.1, 0.15) is 44.6 Å². The van der Waals surface area contributed by atoms with E-state index in [1.54, 1.807) is 6.20 Å². The predicted octanol–water partition coefficient (Wildman–Crippen LogP) is 2.63. The molecule has 1 aromatic rings. The summed E-state index contributed by atoms with van der Waals surface area (Å²) in [6.45, 7) is 1.90. The third-order valence-electron chi connectivity index (χ3n) is 4.93. The minimum atomic E-state index is -0.945. The smallest absolute Gasteiger partial charge is 0.242 e. The van der Waals surface area contributed by atoms with Gasteiger partial charge >= 0.3 is 0 Å². The highest BCUT2D eigenvalue weighted by atomic mass is 32.2. The Labute approximate surface area is 134 Å². The monoisotopic (exact) mass is 319 g/mol. The average molecular weight is 319 g/mol. The van der Waals surface area contributed by atoms with E-state index in [2.05, 4.69) is 9.97 Å². The second kappa shape index (κ2) is 5.99. The van der Waals surface area contributed by atoms with Gasteiger partial charge in [-0.3, -0.25) is 9.69 Å². The molecule has 118 valence electrons. The molecule has 1 amide bonds. The van der Waals surface area contributed by atoms with E-state index in [0.29, 0.717) is 18.0 Å². The van der Waals surface area contributed by atoms with Crippen LogP contribution in [-0.2, 0) is 16.0 Å². The SMILES string of the molecule is CCC1(C=O)Cc2cnc(SC)nc2N(C2CCCC2)C1=O. The zero-order chi connectivity index (χ0) is 15.7. The molecule has 0 bridgehead atoms. The first-order chi connectivity index (χ1) is 10.6. The highest BCUT2D eigenvalue weighted by Gasteiger charge is 2.48. The van der Waals surface area contributed by atoms with Gasteiger partial charge < -0.3 is 4.79 Å². The summed E-state index contributed by atoms with van der Waals surface area (Å²) in [5.41, 5.74) is -0.0296. The quantitative estimate of drug-likeness (QED) is 0.369. The Morgan fingerprint density at radius 3 is 2.77 bits per heavy atom. The van der Waals surface area contributed by atoms with Crippen LogP contribution < -0.4 is 4.90 Å². The van der Waals surface area contributed by atoms with Gasteiger partial charge in [0.25, 0.3) is 0 Å². The Morgan fingerprint density at radius 1 is 1.45 bits per heavy atom. The summed E-state index contributed by atoms with van der Waals surface area (Å²) in [5.74, 6) is 0.650. The van der Waals surface area contributed by atoms with Gasteiger partial charge in [-0.2, -0.15) is 0 Å². The first kappa shape index (κ1) is 15.5. The van der Waals surface area contributed by atoms with Crippen LogP contribution in [0.4, 0.5) is 5.82 Å². The van der Waals surface area contributed by atoms with Crippen molar-refractivity contribution in [2.24, 2.45) is 5.41 Å². The normalized spacial score (nSPS) is 25.4. The molecule has 1 aliphatic heterocycles. The Morgan fingerprint density at radius 2 is 2.18 bits per heavy atom. The van der Waals surface area contributed by atoms with Gasteiger partial charge in [-0.15, -0.1) is 0 Å². The molecule has 2 heterocycles. The third kappa shape index (κ3) is 2.33. The van der Waals surface area contributed by atoms with Gasteiger partial charge in [-0.25, -0.2) is 9.97 Å². The zero-order valence-corrected chi connectivity index (χ0v) is 13.9. The predicted molar refractivity (Wildman–Crippen MR) is 86.0 cm³/mol. The molecule has 5 nitrogen and oxygen atoms in total. The standard InChI is InChI=1S/C16H21N3O2S/c1-3-16(10-20)8-11-9-17-15(22-2)18-13(11)19(14(16)21)12-6-4-5-7-12/h9-10,12H,3-8H2,1-2H3. The Hall–Kier alpha value is -1.43. The second-order valence-corrected chi connectivity index (χ2v) is 6.90. The highest BCUT2D eigenvalue weighted by molar-refractivity contribution is 7.98. The molecular formula is C16H21N3O2S. The molecule has 1 unspecified atom stereocenters. The Kier molecular flexibility index (Phi) is 4.21. The van der Waals surface area contributed by atoms with E-state index in [9.17, 15) is 9.59 Å². The van der Waals surface area contributed by atoms with Crippen molar-refractivity contribution >= 4 is 29.8 Å². The summed E-state index contributed by atoms with van der Waals surface area (Å²) < 4.78 is 0. The van der Waals surface area contributed by atoms with Gasteiger partial charge in [-0.1, -0.05) is 31.5 Å². The summed E-state index contributed by atoms with van der Waals surface area (Å²) in [6.07, 6.45) is 9.72. The number of hydrogen-bond donors (Lipinski definition) is 0. The Balaban J connectivity index is 2.12. The number of thioether (sulfide) groups is 1. The molecule has 6 heteroatoms. The minimum absolute atomic E-state index is 0.0739. The lowest BCUT2D eigenvalue weighted by Crippen LogP contribution is -2.54. The third-order valence-corrected chi connectivity index (χ3v) is 5.49. The van der Waals surface area contributed by atoms with E-state index in [0.717, 1.165) is 43.4 Å². The molecule has 0 aromatic carbocycles. The molecule has 1 fully saturated rings. The molecule has 1 atom stereocenters. The van der Waals surface area contributed by atoms with Crippen LogP contribution in [0, 0.1) is 5.41 Å². The molecule has 0 radical (unpaired) electrons. The van der Waals surface area contributed by atoms with Gasteiger partial charge in [-0.05, 0) is 31.9 Å². The summed E-state index contributed by atoms with van der Waals surface area (Å²) in [7, 11) is 0. The fourth-order valence-electron chi connectivity index (χ4n) is 3.52. The van der Waals surface area contributed by atoms with Gasteiger partial charge in [0.15, 0.2) is 5.16 Å². The van der Waals surface area contributed by atoms with Crippen molar-refractivity contribution in [3.63, 3.8) is 0 Å². The number of carbonyl (C=O) groups excluding carboxylic acids is 2. The van der Waals surface area contributed by atoms with E-state index >= 15 is 0 Å². The fourth-order valence-corrected chi connectivity index (χ4v) is 3.85. The largest absolute Gasteiger partial charge is 0.302 e. The van der Waals surface area contributed by atoms with Crippen molar-refractivity contribution < 1.29 is 9.59 Å². The molecule has 0 N–H and O–H groups in total. The molecule has 1 saturated carbocycles. The van der Waals surface area contributed by atoms with Crippen LogP contribution in [0.2, 0.25) is 0 Å². The van der Waals surface area contributed by atoms with Gasteiger partial charge in [0.1, 0.15) is 17.5 Å². The van der Waals surface area contributed by atoms with Crippen molar-refractivity contribution in [2.75, 3.05) is 11.2 Å². The molecule has 3 rings (SSSR count). The Bertz CT molecular complexity index is 601. The lowest BCUT2D eigenvalue weighted by Gasteiger charge is -2.41. The highest BCUT2D eigenvalue weighted by Crippen LogP contribution is 2.41. The molecule has 0 spiro atoms. The van der Waals surface area contributed by atoms with Crippen molar-refractivity contribution in [2.45, 2.75) is 56.6 Å². The van der Waals surface area contributed by atoms with E-state index in [4.69, 9.17) is 0 Å². The average Bonchev–Trinajstić information content (AvgIpc) is 3.08. The van der Waals surface area contributed by atoms with Crippen LogP contribution >= 0.6 is 11.8 Å². The first-order valence-electron chi connectivity index (χ1n) is 7.85.